The van der Waals surface area contributed by atoms with Crippen molar-refractivity contribution < 1.29 is 9.90 Å². The van der Waals surface area contributed by atoms with Gasteiger partial charge in [0.25, 0.3) is 0 Å². The van der Waals surface area contributed by atoms with Gasteiger partial charge in [-0.25, -0.2) is 14.8 Å². The fourth-order valence-corrected chi connectivity index (χ4v) is 3.48. The highest BCUT2D eigenvalue weighted by molar-refractivity contribution is 7.13. The molecule has 2 rings (SSSR count). The molecule has 0 fully saturated rings. The van der Waals surface area contributed by atoms with E-state index in [4.69, 9.17) is 0 Å². The first kappa shape index (κ1) is 14.1. The normalized spacial score (nSPS) is 11.8. The number of aryl methyl sites for hydroxylation is 1. The van der Waals surface area contributed by atoms with Crippen LogP contribution in [0.5, 0.6) is 0 Å². The lowest BCUT2D eigenvalue weighted by Gasteiger charge is -2.15. The number of hydrogen-bond donors (Lipinski definition) is 1. The Balaban J connectivity index is 2.35. The smallest absolute Gasteiger partial charge is 0.347 e. The molecule has 0 aliphatic rings. The molecule has 6 heteroatoms. The van der Waals surface area contributed by atoms with Crippen LogP contribution >= 0.6 is 22.7 Å². The van der Waals surface area contributed by atoms with E-state index in [1.54, 1.807) is 11.3 Å². The number of carboxylic acid groups (broad SMARTS) is 1. The molecule has 0 aliphatic heterocycles. The summed E-state index contributed by atoms with van der Waals surface area (Å²) in [7, 11) is 0. The fourth-order valence-electron chi connectivity index (χ4n) is 1.74. The van der Waals surface area contributed by atoms with Crippen LogP contribution in [0.2, 0.25) is 0 Å². The lowest BCUT2D eigenvalue weighted by atomic mass is 9.91. The summed E-state index contributed by atoms with van der Waals surface area (Å²) in [5.41, 5.74) is 1.35. The first-order chi connectivity index (χ1) is 8.77. The monoisotopic (exact) mass is 296 g/mol. The average Bonchev–Trinajstić information content (AvgIpc) is 2.85. The fraction of sp³-hybridized carbons (Fsp3) is 0.462. The van der Waals surface area contributed by atoms with Gasteiger partial charge in [-0.1, -0.05) is 20.8 Å². The first-order valence-corrected chi connectivity index (χ1v) is 7.61. The molecule has 0 saturated heterocycles. The largest absolute Gasteiger partial charge is 0.477 e. The molecule has 0 atom stereocenters. The third-order valence-electron chi connectivity index (χ3n) is 2.58. The predicted octanol–water partition coefficient (Wildman–Crippen LogP) is 3.49. The molecular formula is C13H16N2O2S2. The maximum atomic E-state index is 11.3. The third-order valence-corrected chi connectivity index (χ3v) is 4.44. The van der Waals surface area contributed by atoms with E-state index >= 15 is 0 Å². The van der Waals surface area contributed by atoms with Gasteiger partial charge >= 0.3 is 5.97 Å². The van der Waals surface area contributed by atoms with E-state index in [0.717, 1.165) is 15.7 Å². The first-order valence-electron chi connectivity index (χ1n) is 5.92. The van der Waals surface area contributed by atoms with Crippen molar-refractivity contribution in [3.8, 4) is 0 Å². The van der Waals surface area contributed by atoms with Crippen LogP contribution in [0, 0.1) is 6.92 Å². The van der Waals surface area contributed by atoms with Gasteiger partial charge in [-0.05, 0) is 6.92 Å². The molecule has 102 valence electrons. The molecule has 0 bridgehead atoms. The summed E-state index contributed by atoms with van der Waals surface area (Å²) in [5, 5.41) is 13.1. The number of rotatable bonds is 3. The molecule has 0 spiro atoms. The minimum Gasteiger partial charge on any atom is -0.477 e. The Bertz CT molecular complexity index is 608. The number of aromatic nitrogens is 2. The van der Waals surface area contributed by atoms with Crippen LogP contribution in [-0.4, -0.2) is 21.0 Å². The summed E-state index contributed by atoms with van der Waals surface area (Å²) >= 11 is 2.85. The zero-order valence-corrected chi connectivity index (χ0v) is 13.0. The second kappa shape index (κ2) is 5.02. The number of aromatic carboxylic acids is 1. The van der Waals surface area contributed by atoms with Gasteiger partial charge < -0.3 is 5.11 Å². The van der Waals surface area contributed by atoms with Crippen LogP contribution in [0.3, 0.4) is 0 Å². The number of carbonyl (C=O) groups is 1. The second-order valence-corrected chi connectivity index (χ2v) is 7.52. The average molecular weight is 296 g/mol. The van der Waals surface area contributed by atoms with Crippen molar-refractivity contribution in [3.05, 3.63) is 31.7 Å². The van der Waals surface area contributed by atoms with Crippen LogP contribution in [-0.2, 0) is 11.8 Å². The summed E-state index contributed by atoms with van der Waals surface area (Å²) in [5.74, 6) is -0.900. The molecule has 0 saturated carbocycles. The zero-order chi connectivity index (χ0) is 14.2. The van der Waals surface area contributed by atoms with E-state index in [0.29, 0.717) is 17.0 Å². The molecule has 2 aromatic rings. The van der Waals surface area contributed by atoms with E-state index in [1.165, 1.54) is 11.3 Å². The van der Waals surface area contributed by atoms with Crippen LogP contribution in [0.4, 0.5) is 0 Å². The van der Waals surface area contributed by atoms with Crippen molar-refractivity contribution in [2.24, 2.45) is 0 Å². The van der Waals surface area contributed by atoms with E-state index in [9.17, 15) is 9.90 Å². The summed E-state index contributed by atoms with van der Waals surface area (Å²) in [6.07, 6.45) is 0.603. The van der Waals surface area contributed by atoms with E-state index in [2.05, 4.69) is 9.97 Å². The molecular weight excluding hydrogens is 280 g/mol. The molecule has 2 heterocycles. The van der Waals surface area contributed by atoms with E-state index in [1.807, 2.05) is 33.1 Å². The Morgan fingerprint density at radius 1 is 1.37 bits per heavy atom. The van der Waals surface area contributed by atoms with Gasteiger partial charge in [0.15, 0.2) is 0 Å². The highest BCUT2D eigenvalue weighted by atomic mass is 32.1. The van der Waals surface area contributed by atoms with E-state index < -0.39 is 5.97 Å². The predicted molar refractivity (Wildman–Crippen MR) is 77.4 cm³/mol. The molecule has 0 unspecified atom stereocenters. The molecule has 2 aromatic heterocycles. The van der Waals surface area contributed by atoms with Crippen molar-refractivity contribution in [2.75, 3.05) is 0 Å². The molecule has 19 heavy (non-hydrogen) atoms. The van der Waals surface area contributed by atoms with Gasteiger partial charge in [0.2, 0.25) is 0 Å². The van der Waals surface area contributed by atoms with Crippen molar-refractivity contribution >= 4 is 28.6 Å². The summed E-state index contributed by atoms with van der Waals surface area (Å²) in [6.45, 7) is 7.89. The second-order valence-electron chi connectivity index (χ2n) is 5.38. The Labute approximate surface area is 120 Å². The van der Waals surface area contributed by atoms with Crippen LogP contribution < -0.4 is 0 Å². The number of nitrogens with zero attached hydrogens (tertiary/aromatic N) is 2. The Morgan fingerprint density at radius 3 is 2.47 bits per heavy atom. The van der Waals surface area contributed by atoms with Crippen LogP contribution in [0.15, 0.2) is 5.38 Å². The lowest BCUT2D eigenvalue weighted by Crippen LogP contribution is -2.16. The highest BCUT2D eigenvalue weighted by Gasteiger charge is 2.27. The van der Waals surface area contributed by atoms with Gasteiger partial charge in [0, 0.05) is 17.2 Å². The standard InChI is InChI=1S/C13H16N2O2S2/c1-7-14-8(6-18-7)5-9-15-11(13(2,3)4)10(19-9)12(16)17/h6H,5H2,1-4H3,(H,16,17). The molecule has 4 nitrogen and oxygen atoms in total. The van der Waals surface area contributed by atoms with Gasteiger partial charge in [0.1, 0.15) is 4.88 Å². The molecule has 0 radical (unpaired) electrons. The summed E-state index contributed by atoms with van der Waals surface area (Å²) in [4.78, 5) is 20.5. The number of carboxylic acids is 1. The highest BCUT2D eigenvalue weighted by Crippen LogP contribution is 2.30. The Hall–Kier alpha value is -1.27. The van der Waals surface area contributed by atoms with Gasteiger partial charge in [0.05, 0.1) is 21.4 Å². The molecule has 0 aliphatic carbocycles. The van der Waals surface area contributed by atoms with Crippen molar-refractivity contribution in [3.63, 3.8) is 0 Å². The zero-order valence-electron chi connectivity index (χ0n) is 11.4. The Morgan fingerprint density at radius 2 is 2.05 bits per heavy atom. The van der Waals surface area contributed by atoms with E-state index in [-0.39, 0.29) is 5.41 Å². The van der Waals surface area contributed by atoms with Crippen molar-refractivity contribution in [1.82, 2.24) is 9.97 Å². The SMILES string of the molecule is Cc1nc(Cc2nc(C(C)(C)C)c(C(=O)O)s2)cs1. The Kier molecular flexibility index (Phi) is 3.73. The van der Waals surface area contributed by atoms with Crippen molar-refractivity contribution in [2.45, 2.75) is 39.5 Å². The topological polar surface area (TPSA) is 63.1 Å². The number of thiazole rings is 2. The quantitative estimate of drug-likeness (QED) is 0.941. The molecule has 0 amide bonds. The summed E-state index contributed by atoms with van der Waals surface area (Å²) in [6, 6.07) is 0. The van der Waals surface area contributed by atoms with Crippen molar-refractivity contribution in [1.29, 1.82) is 0 Å². The molecule has 1 N–H and O–H groups in total. The van der Waals surface area contributed by atoms with Crippen LogP contribution in [0.25, 0.3) is 0 Å². The van der Waals surface area contributed by atoms with Gasteiger partial charge in [-0.2, -0.15) is 0 Å². The summed E-state index contributed by atoms with van der Waals surface area (Å²) < 4.78 is 0. The minimum absolute atomic E-state index is 0.263. The van der Waals surface area contributed by atoms with Gasteiger partial charge in [-0.3, -0.25) is 0 Å². The molecule has 0 aromatic carbocycles. The number of hydrogen-bond acceptors (Lipinski definition) is 5. The van der Waals surface area contributed by atoms with Crippen LogP contribution in [0.1, 0.15) is 51.8 Å². The third kappa shape index (κ3) is 3.19. The maximum Gasteiger partial charge on any atom is 0.347 e. The maximum absolute atomic E-state index is 11.3. The van der Waals surface area contributed by atoms with Gasteiger partial charge in [-0.15, -0.1) is 22.7 Å². The lowest BCUT2D eigenvalue weighted by molar-refractivity contribution is 0.0699. The minimum atomic E-state index is -0.900.